The maximum Gasteiger partial charge on any atom is 0.268 e. The zero-order valence-corrected chi connectivity index (χ0v) is 15.5. The summed E-state index contributed by atoms with van der Waals surface area (Å²) in [5, 5.41) is 10.4. The Bertz CT molecular complexity index is 1430. The second kappa shape index (κ2) is 8.44. The Kier molecular flexibility index (Phi) is 2.58. The topological polar surface area (TPSA) is 74.6 Å². The molecule has 6 nitrogen and oxygen atoms in total. The normalized spacial score (nSPS) is 39.3. The van der Waals surface area contributed by atoms with E-state index in [1.807, 2.05) is 0 Å². The predicted molar refractivity (Wildman–Crippen MR) is 110 cm³/mol. The number of carbonyl (C=O) groups excluding carboxylic acids is 1. The average molecular weight is 407 g/mol. The summed E-state index contributed by atoms with van der Waals surface area (Å²) in [5.74, 6) is -5.21. The molecule has 7 heteroatoms. The highest BCUT2D eigenvalue weighted by atomic mass is 32.1. The van der Waals surface area contributed by atoms with Gasteiger partial charge < -0.3 is 15.3 Å². The van der Waals surface area contributed by atoms with Crippen molar-refractivity contribution >= 4 is 27.5 Å². The lowest BCUT2D eigenvalue weighted by Gasteiger charge is -2.30. The molecule has 0 spiro atoms. The summed E-state index contributed by atoms with van der Waals surface area (Å²) in [7, 11) is 0. The van der Waals surface area contributed by atoms with Crippen molar-refractivity contribution in [3.63, 3.8) is 0 Å². The van der Waals surface area contributed by atoms with Crippen LogP contribution in [0.5, 0.6) is 5.75 Å². The van der Waals surface area contributed by atoms with Crippen molar-refractivity contribution in [3.8, 4) is 5.75 Å². The van der Waals surface area contributed by atoms with Crippen molar-refractivity contribution in [3.05, 3.63) is 27.3 Å². The molecule has 1 amide bonds. The van der Waals surface area contributed by atoms with E-state index >= 15 is 0 Å². The van der Waals surface area contributed by atoms with Crippen LogP contribution in [0.4, 0.5) is 0 Å². The molecule has 0 saturated carbocycles. The molecule has 1 saturated heterocycles. The quantitative estimate of drug-likeness (QED) is 0.772. The third-order valence-electron chi connectivity index (χ3n) is 3.79. The molecule has 1 aliphatic rings. The Labute approximate surface area is 184 Å². The van der Waals surface area contributed by atoms with Gasteiger partial charge in [0.1, 0.15) is 16.1 Å². The molecule has 1 aliphatic heterocycles. The first kappa shape index (κ1) is 8.25. The number of hydrogen-bond acceptors (Lipinski definition) is 5. The minimum atomic E-state index is -3.37. The van der Waals surface area contributed by atoms with Gasteiger partial charge in [-0.3, -0.25) is 14.2 Å². The molecular weight excluding hydrogens is 362 g/mol. The van der Waals surface area contributed by atoms with E-state index in [9.17, 15) is 14.7 Å². The van der Waals surface area contributed by atoms with Crippen molar-refractivity contribution < 1.29 is 30.5 Å². The van der Waals surface area contributed by atoms with E-state index in [-0.39, 0.29) is 20.9 Å². The second-order valence-corrected chi connectivity index (χ2v) is 6.65. The minimum Gasteiger partial charge on any atom is -0.506 e. The molecule has 2 atom stereocenters. The molecule has 0 radical (unpaired) electrons. The van der Waals surface area contributed by atoms with Crippen LogP contribution in [0.25, 0.3) is 10.2 Å². The van der Waals surface area contributed by atoms with Gasteiger partial charge in [0.2, 0.25) is 0 Å². The molecule has 2 aromatic heterocycles. The molecular formula is C20H29N3O3S. The lowest BCUT2D eigenvalue weighted by molar-refractivity contribution is 0.0945. The number of pyridine rings is 1. The second-order valence-electron chi connectivity index (χ2n) is 5.82. The maximum absolute atomic E-state index is 13.4. The highest BCUT2D eigenvalue weighted by molar-refractivity contribution is 7.16. The number of aromatic hydroxyl groups is 1. The van der Waals surface area contributed by atoms with Gasteiger partial charge in [0.05, 0.1) is 8.13 Å². The van der Waals surface area contributed by atoms with Crippen LogP contribution < -0.4 is 10.9 Å². The predicted octanol–water partition coefficient (Wildman–Crippen LogP) is 3.20. The van der Waals surface area contributed by atoms with Gasteiger partial charge in [0, 0.05) is 35.5 Å². The van der Waals surface area contributed by atoms with Crippen LogP contribution in [0.1, 0.15) is 75.4 Å². The summed E-state index contributed by atoms with van der Waals surface area (Å²) in [6, 6.07) is -1.61. The first-order valence-corrected chi connectivity index (χ1v) is 8.91. The Morgan fingerprint density at radius 1 is 1.74 bits per heavy atom. The van der Waals surface area contributed by atoms with Crippen molar-refractivity contribution in [2.45, 2.75) is 45.9 Å². The van der Waals surface area contributed by atoms with Gasteiger partial charge in [-0.1, -0.05) is 6.92 Å². The number of rotatable bonds is 6. The van der Waals surface area contributed by atoms with Crippen LogP contribution in [0.3, 0.4) is 0 Å². The number of likely N-dealkylation sites (tertiary alicyclic amines) is 1. The van der Waals surface area contributed by atoms with Gasteiger partial charge in [0.15, 0.2) is 1.41 Å². The van der Waals surface area contributed by atoms with Crippen LogP contribution in [0.2, 0.25) is 1.41 Å². The Hall–Kier alpha value is -1.86. The van der Waals surface area contributed by atoms with E-state index in [0.29, 0.717) is 20.8 Å². The van der Waals surface area contributed by atoms with Crippen LogP contribution in [-0.2, 0) is 0 Å². The monoisotopic (exact) mass is 406 g/mol. The van der Waals surface area contributed by atoms with Gasteiger partial charge in [-0.15, -0.1) is 11.3 Å². The third kappa shape index (κ3) is 4.19. The molecule has 3 rings (SSSR count). The van der Waals surface area contributed by atoms with Gasteiger partial charge in [-0.25, -0.2) is 0 Å². The Morgan fingerprint density at radius 3 is 3.33 bits per heavy atom. The molecule has 3 heterocycles. The number of amides is 1. The fourth-order valence-corrected chi connectivity index (χ4v) is 3.45. The first-order valence-electron chi connectivity index (χ1n) is 15.5. The summed E-state index contributed by atoms with van der Waals surface area (Å²) in [5.41, 5.74) is -2.48. The molecule has 148 valence electrons. The number of nitrogens with zero attached hydrogens (tertiary/aromatic N) is 2. The SMILES string of the molecule is [2H]c1cc2c(O)c(C(=O)N([2H])CCCN3C([2H])([2H])C([2H])([2H])C([2H])([2H])C([2H])(C)C3([2H])[2H])c(=O)n(C([2H])(C)C([2H])([2H])[2H])c2s1. The zero-order valence-electron chi connectivity index (χ0n) is 29.7. The van der Waals surface area contributed by atoms with Crippen molar-refractivity contribution in [1.82, 2.24) is 14.8 Å². The van der Waals surface area contributed by atoms with Gasteiger partial charge >= 0.3 is 0 Å². The van der Waals surface area contributed by atoms with E-state index < -0.39 is 86.8 Å². The van der Waals surface area contributed by atoms with Crippen molar-refractivity contribution in [2.75, 3.05) is 26.1 Å². The molecule has 2 unspecified atom stereocenters. The maximum atomic E-state index is 13.4. The smallest absolute Gasteiger partial charge is 0.268 e. The van der Waals surface area contributed by atoms with Crippen LogP contribution in [-0.4, -0.2) is 46.6 Å². The molecule has 1 fully saturated rings. The lowest BCUT2D eigenvalue weighted by atomic mass is 10.0. The fourth-order valence-electron chi connectivity index (χ4n) is 2.58. The van der Waals surface area contributed by atoms with E-state index in [1.54, 1.807) is 0 Å². The average Bonchev–Trinajstić information content (AvgIpc) is 3.20. The van der Waals surface area contributed by atoms with E-state index in [2.05, 4.69) is 0 Å². The molecule has 2 aromatic rings. The highest BCUT2D eigenvalue weighted by Gasteiger charge is 2.24. The number of hydrogen-bond donors (Lipinski definition) is 2. The zero-order chi connectivity index (χ0) is 32.8. The standard InChI is InChI=1S/C20H29N3O3S/c1-13(2)23-19(26)16(17(24)15-7-11-27-20(15)23)18(25)21-8-5-10-22-9-4-6-14(3)12-22/h7,11,13-14,24H,4-6,8-10,12H2,1-3H3,(H,21,25)/i1D3,4D2,6D2,9D2,11D,12D2,13D,14D/hD. The summed E-state index contributed by atoms with van der Waals surface area (Å²) in [4.78, 5) is 26.7. The molecule has 0 aromatic carbocycles. The largest absolute Gasteiger partial charge is 0.506 e. The van der Waals surface area contributed by atoms with Crippen LogP contribution in [0, 0.1) is 5.89 Å². The minimum absolute atomic E-state index is 0.153. The van der Waals surface area contributed by atoms with Gasteiger partial charge in [0.25, 0.3) is 11.5 Å². The highest BCUT2D eigenvalue weighted by Crippen LogP contribution is 2.31. The summed E-state index contributed by atoms with van der Waals surface area (Å²) in [6.07, 6.45) is -7.09. The van der Waals surface area contributed by atoms with Crippen LogP contribution in [0.15, 0.2) is 16.2 Å². The van der Waals surface area contributed by atoms with Crippen LogP contribution >= 0.6 is 11.3 Å². The third-order valence-corrected chi connectivity index (χ3v) is 4.62. The van der Waals surface area contributed by atoms with Gasteiger partial charge in [-0.2, -0.15) is 0 Å². The molecule has 0 bridgehead atoms. The van der Waals surface area contributed by atoms with E-state index in [4.69, 9.17) is 20.6 Å². The number of piperidine rings is 1. The molecule has 27 heavy (non-hydrogen) atoms. The first-order chi connectivity index (χ1) is 18.6. The fraction of sp³-hybridized carbons (Fsp3) is 0.600. The molecule has 0 aliphatic carbocycles. The number of nitrogens with one attached hydrogen (secondary N) is 1. The van der Waals surface area contributed by atoms with E-state index in [1.165, 1.54) is 0 Å². The van der Waals surface area contributed by atoms with Gasteiger partial charge in [-0.05, 0) is 63.3 Å². The summed E-state index contributed by atoms with van der Waals surface area (Å²) in [6.45, 7) is -9.14. The van der Waals surface area contributed by atoms with Crippen molar-refractivity contribution in [2.24, 2.45) is 5.89 Å². The van der Waals surface area contributed by atoms with Crippen molar-refractivity contribution in [1.29, 1.82) is 0 Å². The summed E-state index contributed by atoms with van der Waals surface area (Å²) >= 11 is 0.586. The number of fused-ring (bicyclic) bond motifs is 1. The van der Waals surface area contributed by atoms with E-state index in [0.717, 1.165) is 19.9 Å². The number of carbonyl (C=O) groups is 1. The lowest BCUT2D eigenvalue weighted by Crippen LogP contribution is -2.37. The summed E-state index contributed by atoms with van der Waals surface area (Å²) < 4.78 is 122. The molecule has 2 N–H and O–H groups in total. The Balaban J connectivity index is 1.98. The number of aromatic nitrogens is 1. The Morgan fingerprint density at radius 2 is 2.56 bits per heavy atom. The number of thiophene rings is 1.